The van der Waals surface area contributed by atoms with E-state index in [1.165, 1.54) is 0 Å². The number of carbonyl (C=O) groups is 2. The highest BCUT2D eigenvalue weighted by Crippen LogP contribution is 2.22. The third kappa shape index (κ3) is 5.20. The van der Waals surface area contributed by atoms with Gasteiger partial charge in [0.1, 0.15) is 18.1 Å². The second-order valence-electron chi connectivity index (χ2n) is 8.91. The van der Waals surface area contributed by atoms with Gasteiger partial charge >= 0.3 is 0 Å². The monoisotopic (exact) mass is 413 g/mol. The van der Waals surface area contributed by atoms with Crippen LogP contribution in [0.15, 0.2) is 28.8 Å². The lowest BCUT2D eigenvalue weighted by Gasteiger charge is -2.36. The maximum Gasteiger partial charge on any atom is 0.251 e. The smallest absolute Gasteiger partial charge is 0.251 e. The molecule has 1 aliphatic rings. The molecule has 1 aromatic carbocycles. The van der Waals surface area contributed by atoms with Gasteiger partial charge < -0.3 is 19.5 Å². The number of aromatic nitrogens is 1. The van der Waals surface area contributed by atoms with Crippen molar-refractivity contribution < 1.29 is 18.8 Å². The van der Waals surface area contributed by atoms with Crippen LogP contribution in [-0.4, -0.2) is 41.0 Å². The summed E-state index contributed by atoms with van der Waals surface area (Å²) in [4.78, 5) is 26.9. The molecular weight excluding hydrogens is 382 g/mol. The minimum absolute atomic E-state index is 0.0805. The molecule has 7 heteroatoms. The number of hydrogen-bond donors (Lipinski definition) is 1. The third-order valence-corrected chi connectivity index (χ3v) is 5.44. The number of amides is 2. The topological polar surface area (TPSA) is 84.7 Å². The first-order valence-corrected chi connectivity index (χ1v) is 10.4. The number of rotatable bonds is 5. The quantitative estimate of drug-likeness (QED) is 0.809. The van der Waals surface area contributed by atoms with Crippen molar-refractivity contribution in [3.8, 4) is 5.75 Å². The van der Waals surface area contributed by atoms with Crippen LogP contribution in [0.2, 0.25) is 0 Å². The first kappa shape index (κ1) is 21.9. The molecule has 2 amide bonds. The number of hydrogen-bond acceptors (Lipinski definition) is 5. The van der Waals surface area contributed by atoms with Crippen molar-refractivity contribution in [2.24, 2.45) is 5.41 Å². The molecule has 1 aromatic heterocycles. The predicted molar refractivity (Wildman–Crippen MR) is 113 cm³/mol. The summed E-state index contributed by atoms with van der Waals surface area (Å²) < 4.78 is 10.9. The fourth-order valence-corrected chi connectivity index (χ4v) is 3.54. The number of carbonyl (C=O) groups excluding carboxylic acids is 2. The van der Waals surface area contributed by atoms with Gasteiger partial charge in [-0.05, 0) is 51.0 Å². The summed E-state index contributed by atoms with van der Waals surface area (Å²) in [5.74, 6) is 1.49. The number of nitrogens with one attached hydrogen (secondary N) is 1. The van der Waals surface area contributed by atoms with Gasteiger partial charge in [0.2, 0.25) is 5.91 Å². The molecule has 7 nitrogen and oxygen atoms in total. The maximum atomic E-state index is 12.6. The molecule has 0 aliphatic carbocycles. The summed E-state index contributed by atoms with van der Waals surface area (Å²) in [6.45, 7) is 11.3. The first-order valence-electron chi connectivity index (χ1n) is 10.4. The van der Waals surface area contributed by atoms with E-state index in [2.05, 4.69) is 10.5 Å². The molecule has 0 bridgehead atoms. The highest BCUT2D eigenvalue weighted by molar-refractivity contribution is 5.94. The number of aryl methyl sites for hydroxylation is 2. The Bertz CT molecular complexity index is 869. The molecular formula is C23H31N3O4. The van der Waals surface area contributed by atoms with Crippen LogP contribution in [0, 0.1) is 19.3 Å². The second kappa shape index (κ2) is 8.90. The van der Waals surface area contributed by atoms with Crippen molar-refractivity contribution in [2.75, 3.05) is 13.1 Å². The predicted octanol–water partition coefficient (Wildman–Crippen LogP) is 3.64. The minimum Gasteiger partial charge on any atom is -0.489 e. The lowest BCUT2D eigenvalue weighted by molar-refractivity contribution is -0.140. The largest absolute Gasteiger partial charge is 0.489 e. The molecule has 162 valence electrons. The van der Waals surface area contributed by atoms with Crippen molar-refractivity contribution in [1.29, 1.82) is 0 Å². The molecule has 1 fully saturated rings. The summed E-state index contributed by atoms with van der Waals surface area (Å²) >= 11 is 0. The van der Waals surface area contributed by atoms with Crippen LogP contribution < -0.4 is 10.1 Å². The Kier molecular flexibility index (Phi) is 6.48. The normalized spacial score (nSPS) is 15.2. The van der Waals surface area contributed by atoms with Crippen LogP contribution in [0.4, 0.5) is 0 Å². The van der Waals surface area contributed by atoms with E-state index in [1.54, 1.807) is 24.3 Å². The van der Waals surface area contributed by atoms with E-state index in [1.807, 2.05) is 39.5 Å². The van der Waals surface area contributed by atoms with Gasteiger partial charge in [0, 0.05) is 30.1 Å². The Balaban J connectivity index is 1.49. The fourth-order valence-electron chi connectivity index (χ4n) is 3.54. The highest BCUT2D eigenvalue weighted by Gasteiger charge is 2.30. The molecule has 0 spiro atoms. The average Bonchev–Trinajstić information content (AvgIpc) is 3.03. The van der Waals surface area contributed by atoms with Crippen molar-refractivity contribution in [3.05, 3.63) is 46.8 Å². The van der Waals surface area contributed by atoms with Gasteiger partial charge in [0.15, 0.2) is 0 Å². The lowest BCUT2D eigenvalue weighted by Crippen LogP contribution is -2.49. The van der Waals surface area contributed by atoms with E-state index < -0.39 is 0 Å². The van der Waals surface area contributed by atoms with Crippen molar-refractivity contribution in [2.45, 2.75) is 60.1 Å². The van der Waals surface area contributed by atoms with Crippen LogP contribution in [0.1, 0.15) is 61.0 Å². The summed E-state index contributed by atoms with van der Waals surface area (Å²) in [5, 5.41) is 7.00. The molecule has 2 aromatic rings. The Morgan fingerprint density at radius 2 is 1.80 bits per heavy atom. The Morgan fingerprint density at radius 1 is 1.17 bits per heavy atom. The lowest BCUT2D eigenvalue weighted by atomic mass is 9.93. The van der Waals surface area contributed by atoms with Gasteiger partial charge in [-0.2, -0.15) is 0 Å². The van der Waals surface area contributed by atoms with E-state index in [0.29, 0.717) is 31.0 Å². The number of piperidine rings is 1. The van der Waals surface area contributed by atoms with Gasteiger partial charge in [0.25, 0.3) is 5.91 Å². The van der Waals surface area contributed by atoms with Crippen LogP contribution >= 0.6 is 0 Å². The number of nitrogens with zero attached hydrogens (tertiary/aromatic N) is 2. The van der Waals surface area contributed by atoms with E-state index in [0.717, 1.165) is 29.9 Å². The van der Waals surface area contributed by atoms with Gasteiger partial charge in [-0.15, -0.1) is 0 Å². The molecule has 3 rings (SSSR count). The summed E-state index contributed by atoms with van der Waals surface area (Å²) in [6, 6.07) is 7.18. The molecule has 1 aliphatic heterocycles. The highest BCUT2D eigenvalue weighted by atomic mass is 16.5. The zero-order valence-electron chi connectivity index (χ0n) is 18.4. The van der Waals surface area contributed by atoms with Crippen LogP contribution in [0.25, 0.3) is 0 Å². The second-order valence-corrected chi connectivity index (χ2v) is 8.91. The zero-order valence-corrected chi connectivity index (χ0v) is 18.4. The van der Waals surface area contributed by atoms with Gasteiger partial charge in [-0.25, -0.2) is 0 Å². The standard InChI is InChI=1S/C23H31N3O4/c1-15-20(16(2)30-25-15)14-29-19-8-6-17(7-9-19)21(27)24-18-10-12-26(13-11-18)22(28)23(3,4)5/h6-9,18H,10-14H2,1-5H3,(H,24,27). The van der Waals surface area contributed by atoms with Crippen molar-refractivity contribution in [1.82, 2.24) is 15.4 Å². The third-order valence-electron chi connectivity index (χ3n) is 5.44. The summed E-state index contributed by atoms with van der Waals surface area (Å²) in [6.07, 6.45) is 1.54. The molecule has 1 N–H and O–H groups in total. The Hall–Kier alpha value is -2.83. The molecule has 0 unspecified atom stereocenters. The van der Waals surface area contributed by atoms with Gasteiger partial charge in [0.05, 0.1) is 11.3 Å². The van der Waals surface area contributed by atoms with Crippen molar-refractivity contribution in [3.63, 3.8) is 0 Å². The Labute approximate surface area is 177 Å². The van der Waals surface area contributed by atoms with E-state index >= 15 is 0 Å². The number of benzene rings is 1. The number of likely N-dealkylation sites (tertiary alicyclic amines) is 1. The summed E-state index contributed by atoms with van der Waals surface area (Å²) in [5.41, 5.74) is 1.98. The van der Waals surface area contributed by atoms with E-state index in [9.17, 15) is 9.59 Å². The SMILES string of the molecule is Cc1noc(C)c1COc1ccc(C(=O)NC2CCN(C(=O)C(C)(C)C)CC2)cc1. The fraction of sp³-hybridized carbons (Fsp3) is 0.522. The first-order chi connectivity index (χ1) is 14.1. The van der Waals surface area contributed by atoms with Crippen LogP contribution in [-0.2, 0) is 11.4 Å². The summed E-state index contributed by atoms with van der Waals surface area (Å²) in [7, 11) is 0. The number of ether oxygens (including phenoxy) is 1. The molecule has 0 atom stereocenters. The maximum absolute atomic E-state index is 12.6. The minimum atomic E-state index is -0.370. The van der Waals surface area contributed by atoms with Crippen molar-refractivity contribution >= 4 is 11.8 Å². The molecule has 0 saturated carbocycles. The molecule has 30 heavy (non-hydrogen) atoms. The molecule has 2 heterocycles. The van der Waals surface area contributed by atoms with Gasteiger partial charge in [-0.1, -0.05) is 25.9 Å². The molecule has 0 radical (unpaired) electrons. The van der Waals surface area contributed by atoms with Crippen LogP contribution in [0.3, 0.4) is 0 Å². The van der Waals surface area contributed by atoms with Crippen LogP contribution in [0.5, 0.6) is 5.75 Å². The van der Waals surface area contributed by atoms with E-state index in [-0.39, 0.29) is 23.3 Å². The van der Waals surface area contributed by atoms with E-state index in [4.69, 9.17) is 9.26 Å². The Morgan fingerprint density at radius 3 is 2.33 bits per heavy atom. The zero-order chi connectivity index (χ0) is 21.9. The average molecular weight is 414 g/mol. The van der Waals surface area contributed by atoms with Gasteiger partial charge in [-0.3, -0.25) is 9.59 Å². The molecule has 1 saturated heterocycles.